The highest BCUT2D eigenvalue weighted by Gasteiger charge is 2.38. The number of nitrogens with zero attached hydrogens (tertiary/aromatic N) is 3. The number of carbonyl (C=O) groups is 1. The van der Waals surface area contributed by atoms with Crippen LogP contribution in [0, 0.1) is 13.8 Å². The number of anilines is 1. The largest absolute Gasteiger partial charge is 0.495 e. The standard InChI is InChI=1S/C23H26ClN5O2S/c1-5-6-19-26-27-23-29(19)28-20(15-7-8-18(31-4)17(24)12-15)21(32-23)22(30)25-16-10-13(2)9-14(3)11-16/h7-12,20-21,28H,5-6H2,1-4H3,(H,25,30)/t20-,21-/m1/s1. The van der Waals surface area contributed by atoms with E-state index in [1.165, 1.54) is 11.8 Å². The van der Waals surface area contributed by atoms with Crippen LogP contribution in [-0.4, -0.2) is 33.1 Å². The predicted octanol–water partition coefficient (Wildman–Crippen LogP) is 4.91. The van der Waals surface area contributed by atoms with E-state index in [0.717, 1.165) is 41.0 Å². The first kappa shape index (κ1) is 22.5. The fraction of sp³-hybridized carbons (Fsp3) is 0.348. The zero-order valence-electron chi connectivity index (χ0n) is 18.5. The van der Waals surface area contributed by atoms with Crippen molar-refractivity contribution >= 4 is 35.0 Å². The van der Waals surface area contributed by atoms with Crippen molar-refractivity contribution in [3.05, 3.63) is 63.9 Å². The van der Waals surface area contributed by atoms with Crippen molar-refractivity contribution in [2.24, 2.45) is 0 Å². The molecule has 2 heterocycles. The molecule has 0 spiro atoms. The monoisotopic (exact) mass is 471 g/mol. The summed E-state index contributed by atoms with van der Waals surface area (Å²) in [5.41, 5.74) is 7.31. The molecule has 1 aliphatic heterocycles. The molecule has 1 amide bonds. The molecule has 168 valence electrons. The van der Waals surface area contributed by atoms with E-state index in [2.05, 4.69) is 33.9 Å². The third kappa shape index (κ3) is 4.56. The SMILES string of the molecule is CCCc1nnc2n1N[C@H](c1ccc(OC)c(Cl)c1)[C@H](C(=O)Nc1cc(C)cc(C)c1)S2. The number of aryl methyl sites for hydroxylation is 3. The van der Waals surface area contributed by atoms with Crippen LogP contribution in [0.1, 0.15) is 41.9 Å². The Balaban J connectivity index is 1.69. The highest BCUT2D eigenvalue weighted by molar-refractivity contribution is 8.00. The first-order valence-corrected chi connectivity index (χ1v) is 11.8. The third-order valence-corrected chi connectivity index (χ3v) is 6.77. The third-order valence-electron chi connectivity index (χ3n) is 5.26. The Morgan fingerprint density at radius 3 is 2.62 bits per heavy atom. The van der Waals surface area contributed by atoms with Gasteiger partial charge in [-0.25, -0.2) is 4.68 Å². The van der Waals surface area contributed by atoms with Gasteiger partial charge < -0.3 is 15.5 Å². The number of carbonyl (C=O) groups excluding carboxylic acids is 1. The van der Waals surface area contributed by atoms with Gasteiger partial charge in [-0.05, 0) is 61.2 Å². The van der Waals surface area contributed by atoms with Gasteiger partial charge in [-0.2, -0.15) is 0 Å². The van der Waals surface area contributed by atoms with Crippen LogP contribution in [0.4, 0.5) is 5.69 Å². The maximum Gasteiger partial charge on any atom is 0.240 e. The van der Waals surface area contributed by atoms with Crippen LogP contribution in [0.2, 0.25) is 5.02 Å². The topological polar surface area (TPSA) is 81.1 Å². The molecule has 0 unspecified atom stereocenters. The van der Waals surface area contributed by atoms with Gasteiger partial charge in [0.05, 0.1) is 18.2 Å². The van der Waals surface area contributed by atoms with Crippen molar-refractivity contribution in [2.75, 3.05) is 17.9 Å². The van der Waals surface area contributed by atoms with Crippen molar-refractivity contribution in [3.63, 3.8) is 0 Å². The van der Waals surface area contributed by atoms with E-state index < -0.39 is 5.25 Å². The molecule has 0 aliphatic carbocycles. The fourth-order valence-electron chi connectivity index (χ4n) is 3.87. The second kappa shape index (κ2) is 9.42. The number of methoxy groups -OCH3 is 1. The molecule has 2 aromatic carbocycles. The number of hydrogen-bond donors (Lipinski definition) is 2. The molecule has 0 bridgehead atoms. The molecule has 4 rings (SSSR count). The van der Waals surface area contributed by atoms with E-state index in [9.17, 15) is 4.79 Å². The minimum absolute atomic E-state index is 0.115. The molecule has 2 atom stereocenters. The quantitative estimate of drug-likeness (QED) is 0.531. The average molecular weight is 472 g/mol. The van der Waals surface area contributed by atoms with Crippen molar-refractivity contribution in [1.82, 2.24) is 14.9 Å². The molecule has 7 nitrogen and oxygen atoms in total. The second-order valence-corrected chi connectivity index (χ2v) is 9.40. The number of nitrogens with one attached hydrogen (secondary N) is 2. The van der Waals surface area contributed by atoms with Crippen molar-refractivity contribution < 1.29 is 9.53 Å². The Kier molecular flexibility index (Phi) is 6.62. The normalized spacial score (nSPS) is 17.4. The predicted molar refractivity (Wildman–Crippen MR) is 128 cm³/mol. The zero-order chi connectivity index (χ0) is 22.8. The van der Waals surface area contributed by atoms with Gasteiger partial charge in [-0.1, -0.05) is 42.4 Å². The van der Waals surface area contributed by atoms with Gasteiger partial charge in [0.25, 0.3) is 0 Å². The molecule has 3 aromatic rings. The number of aromatic nitrogens is 3. The van der Waals surface area contributed by atoms with Crippen LogP contribution in [0.25, 0.3) is 0 Å². The number of thioether (sulfide) groups is 1. The maximum absolute atomic E-state index is 13.4. The molecule has 2 N–H and O–H groups in total. The first-order valence-electron chi connectivity index (χ1n) is 10.5. The van der Waals surface area contributed by atoms with Crippen LogP contribution in [-0.2, 0) is 11.2 Å². The molecular weight excluding hydrogens is 446 g/mol. The van der Waals surface area contributed by atoms with Gasteiger partial charge >= 0.3 is 0 Å². The Hall–Kier alpha value is -2.71. The summed E-state index contributed by atoms with van der Waals surface area (Å²) in [7, 11) is 1.58. The van der Waals surface area contributed by atoms with Gasteiger partial charge in [-0.15, -0.1) is 10.2 Å². The van der Waals surface area contributed by atoms with Gasteiger partial charge in [-0.3, -0.25) is 4.79 Å². The summed E-state index contributed by atoms with van der Waals surface area (Å²) in [6.07, 6.45) is 1.73. The van der Waals surface area contributed by atoms with Crippen molar-refractivity contribution in [1.29, 1.82) is 0 Å². The molecule has 32 heavy (non-hydrogen) atoms. The smallest absolute Gasteiger partial charge is 0.240 e. The minimum Gasteiger partial charge on any atom is -0.495 e. The molecular formula is C23H26ClN5O2S. The lowest BCUT2D eigenvalue weighted by Crippen LogP contribution is -2.41. The van der Waals surface area contributed by atoms with E-state index >= 15 is 0 Å². The molecule has 0 saturated carbocycles. The highest BCUT2D eigenvalue weighted by Crippen LogP contribution is 2.39. The molecule has 0 saturated heterocycles. The summed E-state index contributed by atoms with van der Waals surface area (Å²) >= 11 is 7.81. The molecule has 1 aliphatic rings. The molecule has 1 aromatic heterocycles. The number of halogens is 1. The average Bonchev–Trinajstić information content (AvgIpc) is 3.14. The lowest BCUT2D eigenvalue weighted by molar-refractivity contribution is -0.116. The summed E-state index contributed by atoms with van der Waals surface area (Å²) in [4.78, 5) is 13.4. The van der Waals surface area contributed by atoms with Crippen LogP contribution in [0.5, 0.6) is 5.75 Å². The lowest BCUT2D eigenvalue weighted by atomic mass is 10.0. The summed E-state index contributed by atoms with van der Waals surface area (Å²) < 4.78 is 7.18. The molecule has 0 fully saturated rings. The molecule has 0 radical (unpaired) electrons. The molecule has 9 heteroatoms. The number of hydrogen-bond acceptors (Lipinski definition) is 6. The van der Waals surface area contributed by atoms with Crippen LogP contribution in [0.3, 0.4) is 0 Å². The minimum atomic E-state index is -0.480. The van der Waals surface area contributed by atoms with Crippen molar-refractivity contribution in [2.45, 2.75) is 50.1 Å². The van der Waals surface area contributed by atoms with Crippen LogP contribution < -0.4 is 15.5 Å². The van der Waals surface area contributed by atoms with E-state index in [4.69, 9.17) is 16.3 Å². The summed E-state index contributed by atoms with van der Waals surface area (Å²) in [5.74, 6) is 1.32. The zero-order valence-corrected chi connectivity index (χ0v) is 20.0. The first-order chi connectivity index (χ1) is 15.4. The number of amides is 1. The van der Waals surface area contributed by atoms with Gasteiger partial charge in [0.1, 0.15) is 11.0 Å². The van der Waals surface area contributed by atoms with E-state index in [1.54, 1.807) is 7.11 Å². The Morgan fingerprint density at radius 1 is 1.22 bits per heavy atom. The van der Waals surface area contributed by atoms with Gasteiger partial charge in [0.15, 0.2) is 5.82 Å². The van der Waals surface area contributed by atoms with E-state index in [0.29, 0.717) is 15.9 Å². The highest BCUT2D eigenvalue weighted by atomic mass is 35.5. The van der Waals surface area contributed by atoms with E-state index in [1.807, 2.05) is 48.9 Å². The Morgan fingerprint density at radius 2 is 1.97 bits per heavy atom. The lowest BCUT2D eigenvalue weighted by Gasteiger charge is -2.33. The number of benzene rings is 2. The van der Waals surface area contributed by atoms with E-state index in [-0.39, 0.29) is 11.9 Å². The summed E-state index contributed by atoms with van der Waals surface area (Å²) in [6.45, 7) is 6.12. The summed E-state index contributed by atoms with van der Waals surface area (Å²) in [5, 5.41) is 12.4. The van der Waals surface area contributed by atoms with Crippen LogP contribution in [0.15, 0.2) is 41.6 Å². The second-order valence-electron chi connectivity index (χ2n) is 7.89. The van der Waals surface area contributed by atoms with Gasteiger partial charge in [0.2, 0.25) is 11.1 Å². The maximum atomic E-state index is 13.4. The summed E-state index contributed by atoms with van der Waals surface area (Å²) in [6, 6.07) is 11.2. The fourth-order valence-corrected chi connectivity index (χ4v) is 5.24. The van der Waals surface area contributed by atoms with Crippen molar-refractivity contribution in [3.8, 4) is 5.75 Å². The number of fused-ring (bicyclic) bond motifs is 1. The number of ether oxygens (including phenoxy) is 1. The Labute approximate surface area is 196 Å². The Bertz CT molecular complexity index is 1130. The number of rotatable bonds is 6. The van der Waals surface area contributed by atoms with Crippen LogP contribution >= 0.6 is 23.4 Å². The van der Waals surface area contributed by atoms with Gasteiger partial charge in [0, 0.05) is 12.1 Å².